The van der Waals surface area contributed by atoms with Crippen LogP contribution in [0.1, 0.15) is 86.3 Å². The molecule has 51 heavy (non-hydrogen) atoms. The minimum atomic E-state index is -0.985. The van der Waals surface area contributed by atoms with Crippen LogP contribution >= 0.6 is 0 Å². The monoisotopic (exact) mass is 708 g/mol. The summed E-state index contributed by atoms with van der Waals surface area (Å²) in [5.74, 6) is -0.725. The molecule has 0 aromatic heterocycles. The van der Waals surface area contributed by atoms with E-state index in [9.17, 15) is 24.3 Å². The maximum absolute atomic E-state index is 13.6. The number of nitrogens with zero attached hydrogens (tertiary/aromatic N) is 2. The molecule has 2 saturated heterocycles. The Morgan fingerprint density at radius 2 is 1.08 bits per heavy atom. The van der Waals surface area contributed by atoms with Crippen LogP contribution in [0.25, 0.3) is 0 Å². The van der Waals surface area contributed by atoms with Crippen molar-refractivity contribution in [1.82, 2.24) is 9.80 Å². The normalized spacial score (nSPS) is 19.3. The number of carboxylic acid groups (broad SMARTS) is 1. The van der Waals surface area contributed by atoms with Crippen molar-refractivity contribution >= 4 is 24.1 Å². The molecule has 2 aliphatic heterocycles. The van der Waals surface area contributed by atoms with E-state index >= 15 is 0 Å². The fourth-order valence-electron chi connectivity index (χ4n) is 6.65. The Balaban J connectivity index is 1.50. The molecule has 1 N–H and O–H groups in total. The van der Waals surface area contributed by atoms with Gasteiger partial charge < -0.3 is 33.9 Å². The molecule has 2 aromatic rings. The van der Waals surface area contributed by atoms with E-state index in [1.807, 2.05) is 111 Å². The maximum Gasteiger partial charge on any atom is 0.410 e. The van der Waals surface area contributed by atoms with Gasteiger partial charge in [-0.25, -0.2) is 9.59 Å². The number of carbonyl (C=O) groups is 4. The standard InChI is InChI=1S/C40H56N2O9/c1-38(2,3)49-34(43)32(28-16-18-41(24-28)36(45)46)22-26-12-10-14-30(20-26)48-31-15-11-13-27(21-31)23-33(35(44)50-39(4,5)6)29-17-19-42(25-29)37(47)51-40(7,8)9/h10-15,20-21,28-29,32-33H,16-19,22-25H2,1-9H3,(H,45,46)/t28-,29-,32?,33?/m0/s1. The topological polar surface area (TPSA) is 132 Å². The van der Waals surface area contributed by atoms with Crippen molar-refractivity contribution in [3.63, 3.8) is 0 Å². The van der Waals surface area contributed by atoms with E-state index in [4.69, 9.17) is 18.9 Å². The van der Waals surface area contributed by atoms with E-state index in [1.165, 1.54) is 4.90 Å². The van der Waals surface area contributed by atoms with E-state index in [-0.39, 0.29) is 36.4 Å². The number of carbonyl (C=O) groups excluding carboxylic acids is 3. The molecule has 2 fully saturated rings. The first-order valence-corrected chi connectivity index (χ1v) is 17.9. The van der Waals surface area contributed by atoms with Crippen LogP contribution in [0.3, 0.4) is 0 Å². The Kier molecular flexibility index (Phi) is 12.4. The zero-order chi connectivity index (χ0) is 37.7. The Morgan fingerprint density at radius 3 is 1.47 bits per heavy atom. The summed E-state index contributed by atoms with van der Waals surface area (Å²) in [5, 5.41) is 9.51. The third-order valence-electron chi connectivity index (χ3n) is 8.87. The smallest absolute Gasteiger partial charge is 0.410 e. The molecule has 280 valence electrons. The molecule has 0 bridgehead atoms. The van der Waals surface area contributed by atoms with E-state index in [1.54, 1.807) is 4.90 Å². The summed E-state index contributed by atoms with van der Waals surface area (Å²) in [6.07, 6.45) is 0.666. The van der Waals surface area contributed by atoms with Crippen molar-refractivity contribution in [3.05, 3.63) is 59.7 Å². The van der Waals surface area contributed by atoms with Gasteiger partial charge in [-0.1, -0.05) is 24.3 Å². The number of esters is 2. The molecule has 0 spiro atoms. The van der Waals surface area contributed by atoms with E-state index in [2.05, 4.69) is 0 Å². The lowest BCUT2D eigenvalue weighted by Gasteiger charge is -2.28. The molecule has 11 heteroatoms. The highest BCUT2D eigenvalue weighted by molar-refractivity contribution is 5.75. The second-order valence-electron chi connectivity index (χ2n) is 16.8. The molecule has 0 aliphatic carbocycles. The highest BCUT2D eigenvalue weighted by atomic mass is 16.6. The molecule has 2 amide bonds. The van der Waals surface area contributed by atoms with Gasteiger partial charge in [0, 0.05) is 26.2 Å². The number of likely N-dealkylation sites (tertiary alicyclic amines) is 2. The Morgan fingerprint density at radius 1 is 0.667 bits per heavy atom. The molecular weight excluding hydrogens is 652 g/mol. The van der Waals surface area contributed by atoms with Crippen LogP contribution in [0.2, 0.25) is 0 Å². The Hall–Kier alpha value is -4.28. The van der Waals surface area contributed by atoms with Crippen LogP contribution in [-0.2, 0) is 36.6 Å². The zero-order valence-electron chi connectivity index (χ0n) is 31.7. The van der Waals surface area contributed by atoms with Crippen molar-refractivity contribution in [3.8, 4) is 11.5 Å². The van der Waals surface area contributed by atoms with Gasteiger partial charge in [0.2, 0.25) is 0 Å². The lowest BCUT2D eigenvalue weighted by molar-refractivity contribution is -0.163. The number of benzene rings is 2. The average Bonchev–Trinajstić information content (AvgIpc) is 3.67. The van der Waals surface area contributed by atoms with Gasteiger partial charge in [0.1, 0.15) is 28.3 Å². The van der Waals surface area contributed by atoms with Gasteiger partial charge in [0.05, 0.1) is 11.8 Å². The molecule has 2 aliphatic rings. The maximum atomic E-state index is 13.6. The second-order valence-corrected chi connectivity index (χ2v) is 16.8. The first kappa shape index (κ1) is 39.5. The number of amides is 2. The predicted octanol–water partition coefficient (Wildman–Crippen LogP) is 7.74. The summed E-state index contributed by atoms with van der Waals surface area (Å²) in [6, 6.07) is 15.1. The fourth-order valence-corrected chi connectivity index (χ4v) is 6.65. The minimum Gasteiger partial charge on any atom is -0.465 e. The number of rotatable bonds is 10. The Labute approximate surface area is 302 Å². The van der Waals surface area contributed by atoms with E-state index in [0.29, 0.717) is 56.8 Å². The highest BCUT2D eigenvalue weighted by Gasteiger charge is 2.40. The minimum absolute atomic E-state index is 0.103. The van der Waals surface area contributed by atoms with Crippen LogP contribution in [0.4, 0.5) is 9.59 Å². The van der Waals surface area contributed by atoms with Crippen LogP contribution in [-0.4, -0.2) is 82.0 Å². The summed E-state index contributed by atoms with van der Waals surface area (Å²) in [4.78, 5) is 54.4. The molecule has 2 unspecified atom stereocenters. The molecule has 2 heterocycles. The lowest BCUT2D eigenvalue weighted by Crippen LogP contribution is -2.38. The van der Waals surface area contributed by atoms with Gasteiger partial charge in [-0.3, -0.25) is 9.59 Å². The summed E-state index contributed by atoms with van der Waals surface area (Å²) in [7, 11) is 0. The molecule has 2 aromatic carbocycles. The number of ether oxygens (including phenoxy) is 4. The van der Waals surface area contributed by atoms with Crippen molar-refractivity contribution < 1.29 is 43.2 Å². The molecular formula is C40H56N2O9. The van der Waals surface area contributed by atoms with Crippen molar-refractivity contribution in [2.45, 2.75) is 105 Å². The highest BCUT2D eigenvalue weighted by Crippen LogP contribution is 2.34. The first-order chi connectivity index (χ1) is 23.7. The molecule has 11 nitrogen and oxygen atoms in total. The molecule has 0 saturated carbocycles. The quantitative estimate of drug-likeness (QED) is 0.195. The second kappa shape index (κ2) is 15.9. The summed E-state index contributed by atoms with van der Waals surface area (Å²) < 4.78 is 23.5. The van der Waals surface area contributed by atoms with Gasteiger partial charge in [-0.2, -0.15) is 0 Å². The van der Waals surface area contributed by atoms with Crippen LogP contribution in [0.5, 0.6) is 11.5 Å². The molecule has 4 rings (SSSR count). The Bertz CT molecular complexity index is 1550. The summed E-state index contributed by atoms with van der Waals surface area (Å²) >= 11 is 0. The average molecular weight is 709 g/mol. The summed E-state index contributed by atoms with van der Waals surface area (Å²) in [6.45, 7) is 18.1. The molecule has 4 atom stereocenters. The third-order valence-corrected chi connectivity index (χ3v) is 8.87. The largest absolute Gasteiger partial charge is 0.465 e. The van der Waals surface area contributed by atoms with Crippen LogP contribution in [0.15, 0.2) is 48.5 Å². The SMILES string of the molecule is CC(C)(C)OC(=O)C(Cc1cccc(Oc2cccc(CC(C(=O)OC(C)(C)C)[C@H]3CCN(C(=O)OC(C)(C)C)C3)c2)c1)[C@H]1CCN(C(=O)O)C1. The van der Waals surface area contributed by atoms with E-state index in [0.717, 1.165) is 11.1 Å². The summed E-state index contributed by atoms with van der Waals surface area (Å²) in [5.41, 5.74) is -0.184. The van der Waals surface area contributed by atoms with E-state index < -0.39 is 34.7 Å². The van der Waals surface area contributed by atoms with Gasteiger partial charge in [0.25, 0.3) is 0 Å². The van der Waals surface area contributed by atoms with Gasteiger partial charge >= 0.3 is 24.1 Å². The third kappa shape index (κ3) is 12.2. The predicted molar refractivity (Wildman–Crippen MR) is 193 cm³/mol. The van der Waals surface area contributed by atoms with Crippen LogP contribution in [0, 0.1) is 23.7 Å². The van der Waals surface area contributed by atoms with Gasteiger partial charge in [-0.05, 0) is 135 Å². The van der Waals surface area contributed by atoms with Gasteiger partial charge in [-0.15, -0.1) is 0 Å². The van der Waals surface area contributed by atoms with Crippen molar-refractivity contribution in [1.29, 1.82) is 0 Å². The number of hydrogen-bond acceptors (Lipinski definition) is 8. The fraction of sp³-hybridized carbons (Fsp3) is 0.600. The van der Waals surface area contributed by atoms with Gasteiger partial charge in [0.15, 0.2) is 0 Å². The van der Waals surface area contributed by atoms with Crippen LogP contribution < -0.4 is 4.74 Å². The first-order valence-electron chi connectivity index (χ1n) is 17.9. The number of hydrogen-bond donors (Lipinski definition) is 1. The van der Waals surface area contributed by atoms with Crippen molar-refractivity contribution in [2.24, 2.45) is 23.7 Å². The van der Waals surface area contributed by atoms with Crippen molar-refractivity contribution in [2.75, 3.05) is 26.2 Å². The zero-order valence-corrected chi connectivity index (χ0v) is 31.7. The lowest BCUT2D eigenvalue weighted by atomic mass is 9.86. The molecule has 0 radical (unpaired) electrons.